The molecule has 8 heteroatoms. The molecule has 0 spiro atoms. The average molecular weight is 454 g/mol. The van der Waals surface area contributed by atoms with Crippen LogP contribution in [0.1, 0.15) is 19.5 Å². The van der Waals surface area contributed by atoms with Crippen LogP contribution in [-0.4, -0.2) is 33.1 Å². The minimum atomic E-state index is -0.186. The van der Waals surface area contributed by atoms with E-state index in [4.69, 9.17) is 9.72 Å². The Kier molecular flexibility index (Phi) is 6.67. The van der Waals surface area contributed by atoms with Crippen LogP contribution < -0.4 is 15.6 Å². The lowest BCUT2D eigenvalue weighted by molar-refractivity contribution is -0.113. The molecule has 2 aromatic carbocycles. The molecule has 0 saturated heterocycles. The van der Waals surface area contributed by atoms with Gasteiger partial charge in [0.25, 0.3) is 5.56 Å². The molecule has 1 amide bonds. The maximum atomic E-state index is 13.3. The quantitative estimate of drug-likeness (QED) is 0.422. The minimum absolute atomic E-state index is 0.0739. The number of carbonyl (C=O) groups excluding carboxylic acids is 1. The molecule has 4 rings (SSSR count). The Morgan fingerprint density at radius 2 is 1.97 bits per heavy atom. The standard InChI is InChI=1S/C23H23N3O3S2/c1-3-29-19-12-8-7-11-17(19)24-20(27)14-30-23-25-18-13-15(2)31-21(18)22(28)26(23)16-9-5-4-6-10-16/h4-12,15H,3,13-14H2,1-2H3,(H,24,27). The molecule has 1 aliphatic rings. The molecule has 0 aliphatic carbocycles. The number of anilines is 1. The summed E-state index contributed by atoms with van der Waals surface area (Å²) in [5, 5.41) is 3.74. The highest BCUT2D eigenvalue weighted by Gasteiger charge is 2.27. The van der Waals surface area contributed by atoms with Crippen LogP contribution in [0.4, 0.5) is 5.69 Å². The van der Waals surface area contributed by atoms with Crippen molar-refractivity contribution in [2.45, 2.75) is 35.6 Å². The van der Waals surface area contributed by atoms with E-state index in [-0.39, 0.29) is 17.2 Å². The van der Waals surface area contributed by atoms with Gasteiger partial charge in [0.05, 0.1) is 34.3 Å². The molecule has 0 bridgehead atoms. The summed E-state index contributed by atoms with van der Waals surface area (Å²) in [5.74, 6) is 0.571. The van der Waals surface area contributed by atoms with Crippen LogP contribution in [0.25, 0.3) is 5.69 Å². The summed E-state index contributed by atoms with van der Waals surface area (Å²) in [6, 6.07) is 16.8. The molecular weight excluding hydrogens is 430 g/mol. The molecule has 1 aromatic heterocycles. The Balaban J connectivity index is 1.59. The van der Waals surface area contributed by atoms with Crippen molar-refractivity contribution in [2.24, 2.45) is 0 Å². The molecular formula is C23H23N3O3S2. The number of ether oxygens (including phenoxy) is 1. The number of carbonyl (C=O) groups is 1. The van der Waals surface area contributed by atoms with Crippen LogP contribution in [0, 0.1) is 0 Å². The molecule has 3 aromatic rings. The number of para-hydroxylation sites is 3. The summed E-state index contributed by atoms with van der Waals surface area (Å²) in [5.41, 5.74) is 2.12. The van der Waals surface area contributed by atoms with Gasteiger partial charge in [-0.1, -0.05) is 49.0 Å². The highest BCUT2D eigenvalue weighted by atomic mass is 32.2. The average Bonchev–Trinajstić information content (AvgIpc) is 3.15. The van der Waals surface area contributed by atoms with Gasteiger partial charge in [0.15, 0.2) is 5.16 Å². The summed E-state index contributed by atoms with van der Waals surface area (Å²) < 4.78 is 7.18. The van der Waals surface area contributed by atoms with E-state index in [1.165, 1.54) is 11.8 Å². The van der Waals surface area contributed by atoms with E-state index in [0.717, 1.165) is 17.8 Å². The smallest absolute Gasteiger partial charge is 0.272 e. The third kappa shape index (κ3) is 4.80. The zero-order valence-electron chi connectivity index (χ0n) is 17.3. The first-order valence-corrected chi connectivity index (χ1v) is 12.0. The van der Waals surface area contributed by atoms with E-state index < -0.39 is 0 Å². The lowest BCUT2D eigenvalue weighted by Gasteiger charge is -2.14. The number of nitrogens with one attached hydrogen (secondary N) is 1. The summed E-state index contributed by atoms with van der Waals surface area (Å²) in [6.07, 6.45) is 0.756. The predicted octanol–water partition coefficient (Wildman–Crippen LogP) is 4.40. The molecule has 1 atom stereocenters. The van der Waals surface area contributed by atoms with Crippen molar-refractivity contribution in [3.05, 3.63) is 70.6 Å². The van der Waals surface area contributed by atoms with Gasteiger partial charge < -0.3 is 10.1 Å². The topological polar surface area (TPSA) is 73.2 Å². The molecule has 0 fully saturated rings. The second-order valence-electron chi connectivity index (χ2n) is 7.04. The first-order chi connectivity index (χ1) is 15.1. The highest BCUT2D eigenvalue weighted by molar-refractivity contribution is 8.00. The normalized spacial score (nSPS) is 14.8. The first kappa shape index (κ1) is 21.5. The van der Waals surface area contributed by atoms with Crippen molar-refractivity contribution < 1.29 is 9.53 Å². The number of hydrogen-bond acceptors (Lipinski definition) is 6. The van der Waals surface area contributed by atoms with E-state index in [0.29, 0.717) is 33.3 Å². The molecule has 160 valence electrons. The van der Waals surface area contributed by atoms with Crippen LogP contribution in [-0.2, 0) is 11.2 Å². The van der Waals surface area contributed by atoms with E-state index >= 15 is 0 Å². The predicted molar refractivity (Wildman–Crippen MR) is 126 cm³/mol. The zero-order chi connectivity index (χ0) is 21.8. The van der Waals surface area contributed by atoms with Gasteiger partial charge in [-0.3, -0.25) is 14.2 Å². The second-order valence-corrected chi connectivity index (χ2v) is 9.44. The van der Waals surface area contributed by atoms with Gasteiger partial charge in [-0.15, -0.1) is 11.8 Å². The molecule has 31 heavy (non-hydrogen) atoms. The number of hydrogen-bond donors (Lipinski definition) is 1. The number of nitrogens with zero attached hydrogens (tertiary/aromatic N) is 2. The fourth-order valence-corrected chi connectivity index (χ4v) is 5.29. The van der Waals surface area contributed by atoms with E-state index in [1.807, 2.05) is 55.5 Å². The number of benzene rings is 2. The summed E-state index contributed by atoms with van der Waals surface area (Å²) >= 11 is 2.83. The number of amides is 1. The van der Waals surface area contributed by atoms with Crippen molar-refractivity contribution in [2.75, 3.05) is 17.7 Å². The van der Waals surface area contributed by atoms with Crippen molar-refractivity contribution in [3.63, 3.8) is 0 Å². The van der Waals surface area contributed by atoms with Gasteiger partial charge in [0, 0.05) is 11.7 Å². The fourth-order valence-electron chi connectivity index (χ4n) is 3.37. The van der Waals surface area contributed by atoms with Gasteiger partial charge in [-0.05, 0) is 31.2 Å². The van der Waals surface area contributed by atoms with Gasteiger partial charge in [-0.25, -0.2) is 4.98 Å². The Morgan fingerprint density at radius 1 is 1.23 bits per heavy atom. The number of fused-ring (bicyclic) bond motifs is 1. The Hall–Kier alpha value is -2.71. The van der Waals surface area contributed by atoms with Gasteiger partial charge >= 0.3 is 0 Å². The van der Waals surface area contributed by atoms with Crippen molar-refractivity contribution >= 4 is 35.1 Å². The highest BCUT2D eigenvalue weighted by Crippen LogP contribution is 2.35. The van der Waals surface area contributed by atoms with E-state index in [2.05, 4.69) is 12.2 Å². The molecule has 6 nitrogen and oxygen atoms in total. The Morgan fingerprint density at radius 3 is 2.74 bits per heavy atom. The van der Waals surface area contributed by atoms with Crippen LogP contribution >= 0.6 is 23.5 Å². The van der Waals surface area contributed by atoms with Crippen LogP contribution in [0.2, 0.25) is 0 Å². The van der Waals surface area contributed by atoms with Crippen LogP contribution in [0.5, 0.6) is 5.75 Å². The van der Waals surface area contributed by atoms with E-state index in [9.17, 15) is 9.59 Å². The first-order valence-electron chi connectivity index (χ1n) is 10.1. The summed E-state index contributed by atoms with van der Waals surface area (Å²) in [4.78, 5) is 31.4. The Bertz CT molecular complexity index is 1150. The van der Waals surface area contributed by atoms with Gasteiger partial charge in [-0.2, -0.15) is 0 Å². The fraction of sp³-hybridized carbons (Fsp3) is 0.261. The lowest BCUT2D eigenvalue weighted by Crippen LogP contribution is -2.24. The minimum Gasteiger partial charge on any atom is -0.492 e. The maximum Gasteiger partial charge on any atom is 0.272 e. The second kappa shape index (κ2) is 9.62. The Labute approximate surface area is 189 Å². The van der Waals surface area contributed by atoms with Crippen molar-refractivity contribution in [3.8, 4) is 11.4 Å². The maximum absolute atomic E-state index is 13.3. The van der Waals surface area contributed by atoms with Gasteiger partial charge in [0.1, 0.15) is 5.75 Å². The van der Waals surface area contributed by atoms with Crippen molar-refractivity contribution in [1.29, 1.82) is 0 Å². The van der Waals surface area contributed by atoms with Crippen molar-refractivity contribution in [1.82, 2.24) is 9.55 Å². The lowest BCUT2D eigenvalue weighted by atomic mass is 10.2. The summed E-state index contributed by atoms with van der Waals surface area (Å²) in [7, 11) is 0. The largest absolute Gasteiger partial charge is 0.492 e. The molecule has 1 unspecified atom stereocenters. The number of aromatic nitrogens is 2. The number of thioether (sulfide) groups is 2. The molecule has 0 radical (unpaired) electrons. The zero-order valence-corrected chi connectivity index (χ0v) is 19.0. The molecule has 0 saturated carbocycles. The van der Waals surface area contributed by atoms with E-state index in [1.54, 1.807) is 22.4 Å². The van der Waals surface area contributed by atoms with Crippen LogP contribution in [0.15, 0.2) is 69.4 Å². The van der Waals surface area contributed by atoms with Gasteiger partial charge in [0.2, 0.25) is 5.91 Å². The third-order valence-corrected chi connectivity index (χ3v) is 6.84. The monoisotopic (exact) mass is 453 g/mol. The summed E-state index contributed by atoms with van der Waals surface area (Å²) in [6.45, 7) is 4.51. The van der Waals surface area contributed by atoms with Crippen LogP contribution in [0.3, 0.4) is 0 Å². The molecule has 1 aliphatic heterocycles. The SMILES string of the molecule is CCOc1ccccc1NC(=O)CSc1nc2c(c(=O)n1-c1ccccc1)SC(C)C2. The molecule has 1 N–H and O–H groups in total. The third-order valence-electron chi connectivity index (χ3n) is 4.69. The number of rotatable bonds is 7. The molecule has 2 heterocycles.